The van der Waals surface area contributed by atoms with Crippen molar-refractivity contribution in [2.75, 3.05) is 106 Å². The zero-order valence-corrected chi connectivity index (χ0v) is 22.6. The number of esters is 2. The summed E-state index contributed by atoms with van der Waals surface area (Å²) in [6.07, 6.45) is 5.86. The van der Waals surface area contributed by atoms with E-state index in [1.54, 1.807) is 0 Å². The molecule has 218 valence electrons. The van der Waals surface area contributed by atoms with Crippen molar-refractivity contribution in [3.05, 3.63) is 12.7 Å². The van der Waals surface area contributed by atoms with E-state index in [4.69, 9.17) is 42.6 Å². The maximum atomic E-state index is 11.5. The molecule has 0 saturated heterocycles. The van der Waals surface area contributed by atoms with Crippen LogP contribution in [0.2, 0.25) is 0 Å². The van der Waals surface area contributed by atoms with Gasteiger partial charge in [-0.3, -0.25) is 4.79 Å². The van der Waals surface area contributed by atoms with Gasteiger partial charge in [0.1, 0.15) is 13.2 Å². The van der Waals surface area contributed by atoms with Gasteiger partial charge < -0.3 is 42.6 Å². The molecule has 0 aromatic rings. The van der Waals surface area contributed by atoms with Gasteiger partial charge in [-0.15, -0.1) is 0 Å². The molecule has 11 heteroatoms. The Morgan fingerprint density at radius 3 is 1.22 bits per heavy atom. The number of carbonyl (C=O) groups is 2. The van der Waals surface area contributed by atoms with Crippen LogP contribution in [0, 0.1) is 0 Å². The molecule has 0 aromatic heterocycles. The molecule has 0 fully saturated rings. The minimum atomic E-state index is -0.460. The van der Waals surface area contributed by atoms with E-state index in [0.717, 1.165) is 31.8 Å². The van der Waals surface area contributed by atoms with Crippen molar-refractivity contribution in [2.24, 2.45) is 0 Å². The predicted molar refractivity (Wildman–Crippen MR) is 137 cm³/mol. The van der Waals surface area contributed by atoms with Crippen LogP contribution in [-0.4, -0.2) is 118 Å². The Kier molecular flexibility index (Phi) is 29.3. The molecule has 11 nitrogen and oxygen atoms in total. The first-order chi connectivity index (χ1) is 18.2. The molecular weight excluding hydrogens is 488 g/mol. The number of carbonyl (C=O) groups excluding carboxylic acids is 2. The first-order valence-electron chi connectivity index (χ1n) is 13.2. The van der Waals surface area contributed by atoms with E-state index in [1.807, 2.05) is 0 Å². The highest BCUT2D eigenvalue weighted by molar-refractivity contribution is 5.81. The molecule has 0 radical (unpaired) electrons. The van der Waals surface area contributed by atoms with Crippen LogP contribution in [0.25, 0.3) is 0 Å². The van der Waals surface area contributed by atoms with Crippen molar-refractivity contribution in [3.63, 3.8) is 0 Å². The topological polar surface area (TPSA) is 117 Å². The minimum absolute atomic E-state index is 0.156. The molecule has 0 aromatic carbocycles. The molecule has 0 spiro atoms. The molecule has 0 unspecified atom stereocenters. The van der Waals surface area contributed by atoms with Gasteiger partial charge in [-0.25, -0.2) is 4.79 Å². The van der Waals surface area contributed by atoms with Crippen LogP contribution in [0.3, 0.4) is 0 Å². The Balaban J connectivity index is 3.10. The van der Waals surface area contributed by atoms with Crippen molar-refractivity contribution in [1.82, 2.24) is 0 Å². The van der Waals surface area contributed by atoms with E-state index in [-0.39, 0.29) is 19.2 Å². The molecule has 37 heavy (non-hydrogen) atoms. The van der Waals surface area contributed by atoms with Gasteiger partial charge in [0.15, 0.2) is 0 Å². The summed E-state index contributed by atoms with van der Waals surface area (Å²) in [5.74, 6) is -0.616. The van der Waals surface area contributed by atoms with Crippen LogP contribution in [0.5, 0.6) is 0 Å². The van der Waals surface area contributed by atoms with E-state index < -0.39 is 5.97 Å². The third-order valence-electron chi connectivity index (χ3n) is 4.60. The van der Waals surface area contributed by atoms with E-state index in [2.05, 4.69) is 13.5 Å². The summed E-state index contributed by atoms with van der Waals surface area (Å²) in [5, 5.41) is 0. The number of hydrogen-bond donors (Lipinski definition) is 0. The number of rotatable bonds is 30. The zero-order valence-electron chi connectivity index (χ0n) is 22.6. The Hall–Kier alpha value is -1.60. The Bertz CT molecular complexity index is 517. The second-order valence-corrected chi connectivity index (χ2v) is 7.69. The standard InChI is InChI=1S/C26H48O11/c1-3-5-6-7-8-26(28)37-24-22-35-20-18-33-16-14-31-12-10-29-9-11-30-13-15-32-17-19-34-21-23-36-25(27)4-2/h4H,2-3,5-24H2,1H3. The molecule has 0 saturated carbocycles. The fraction of sp³-hybridized carbons (Fsp3) is 0.846. The highest BCUT2D eigenvalue weighted by Gasteiger charge is 2.02. The van der Waals surface area contributed by atoms with E-state index >= 15 is 0 Å². The SMILES string of the molecule is C=CC(=O)OCCOCCOCCOCCOCCOCCOCCOCCOC(=O)CCCCCC. The van der Waals surface area contributed by atoms with Crippen LogP contribution in [0.1, 0.15) is 39.0 Å². The Labute approximate surface area is 222 Å². The van der Waals surface area contributed by atoms with Gasteiger partial charge in [0, 0.05) is 12.5 Å². The summed E-state index contributed by atoms with van der Waals surface area (Å²) >= 11 is 0. The summed E-state index contributed by atoms with van der Waals surface area (Å²) in [5.41, 5.74) is 0. The number of hydrogen-bond acceptors (Lipinski definition) is 11. The second-order valence-electron chi connectivity index (χ2n) is 7.69. The van der Waals surface area contributed by atoms with Crippen LogP contribution in [0.4, 0.5) is 0 Å². The molecule has 0 N–H and O–H groups in total. The van der Waals surface area contributed by atoms with Crippen molar-refractivity contribution in [3.8, 4) is 0 Å². The monoisotopic (exact) mass is 536 g/mol. The van der Waals surface area contributed by atoms with Crippen molar-refractivity contribution >= 4 is 11.9 Å². The Morgan fingerprint density at radius 2 is 0.865 bits per heavy atom. The fourth-order valence-corrected chi connectivity index (χ4v) is 2.66. The molecule has 0 aliphatic rings. The quantitative estimate of drug-likeness (QED) is 0.0765. The van der Waals surface area contributed by atoms with Crippen LogP contribution < -0.4 is 0 Å². The van der Waals surface area contributed by atoms with E-state index in [9.17, 15) is 9.59 Å². The molecule has 0 aliphatic heterocycles. The molecule has 0 heterocycles. The second kappa shape index (κ2) is 30.6. The van der Waals surface area contributed by atoms with Crippen molar-refractivity contribution in [2.45, 2.75) is 39.0 Å². The van der Waals surface area contributed by atoms with Gasteiger partial charge in [-0.2, -0.15) is 0 Å². The van der Waals surface area contributed by atoms with E-state index in [1.165, 1.54) is 0 Å². The fourth-order valence-electron chi connectivity index (χ4n) is 2.66. The van der Waals surface area contributed by atoms with Gasteiger partial charge in [0.25, 0.3) is 0 Å². The highest BCUT2D eigenvalue weighted by atomic mass is 16.6. The molecule has 0 aliphatic carbocycles. The normalized spacial score (nSPS) is 10.9. The summed E-state index contributed by atoms with van der Waals surface area (Å²) in [6, 6.07) is 0. The molecule has 0 amide bonds. The maximum absolute atomic E-state index is 11.5. The van der Waals surface area contributed by atoms with Crippen molar-refractivity contribution < 1.29 is 52.2 Å². The largest absolute Gasteiger partial charge is 0.463 e. The lowest BCUT2D eigenvalue weighted by Crippen LogP contribution is -2.15. The third kappa shape index (κ3) is 30.5. The first-order valence-corrected chi connectivity index (χ1v) is 13.2. The number of unbranched alkanes of at least 4 members (excludes halogenated alkanes) is 3. The predicted octanol–water partition coefficient (Wildman–Crippen LogP) is 2.35. The van der Waals surface area contributed by atoms with Gasteiger partial charge >= 0.3 is 11.9 Å². The lowest BCUT2D eigenvalue weighted by Gasteiger charge is -2.09. The highest BCUT2D eigenvalue weighted by Crippen LogP contribution is 2.03. The van der Waals surface area contributed by atoms with Gasteiger partial charge in [-0.1, -0.05) is 32.8 Å². The van der Waals surface area contributed by atoms with Gasteiger partial charge in [0.05, 0.1) is 92.5 Å². The lowest BCUT2D eigenvalue weighted by atomic mass is 10.2. The zero-order chi connectivity index (χ0) is 27.1. The van der Waals surface area contributed by atoms with Gasteiger partial charge in [0.2, 0.25) is 0 Å². The van der Waals surface area contributed by atoms with Crippen molar-refractivity contribution in [1.29, 1.82) is 0 Å². The number of ether oxygens (including phenoxy) is 9. The summed E-state index contributed by atoms with van der Waals surface area (Å²) in [4.78, 5) is 22.3. The third-order valence-corrected chi connectivity index (χ3v) is 4.60. The Morgan fingerprint density at radius 1 is 0.514 bits per heavy atom. The van der Waals surface area contributed by atoms with Crippen LogP contribution in [-0.2, 0) is 52.2 Å². The molecule has 0 bridgehead atoms. The summed E-state index contributed by atoms with van der Waals surface area (Å²) < 4.78 is 47.5. The van der Waals surface area contributed by atoms with E-state index in [0.29, 0.717) is 98.9 Å². The molecule has 0 atom stereocenters. The van der Waals surface area contributed by atoms with Gasteiger partial charge in [-0.05, 0) is 6.42 Å². The maximum Gasteiger partial charge on any atom is 0.330 e. The smallest absolute Gasteiger partial charge is 0.330 e. The molecule has 0 rings (SSSR count). The summed E-state index contributed by atoms with van der Waals surface area (Å²) in [7, 11) is 0. The minimum Gasteiger partial charge on any atom is -0.463 e. The van der Waals surface area contributed by atoms with Crippen LogP contribution in [0.15, 0.2) is 12.7 Å². The lowest BCUT2D eigenvalue weighted by molar-refractivity contribution is -0.145. The first kappa shape index (κ1) is 35.4. The summed E-state index contributed by atoms with van der Waals surface area (Å²) in [6.45, 7) is 12.2. The van der Waals surface area contributed by atoms with Crippen LogP contribution >= 0.6 is 0 Å². The average molecular weight is 537 g/mol. The molecular formula is C26H48O11. The average Bonchev–Trinajstić information content (AvgIpc) is 2.90.